The predicted octanol–water partition coefficient (Wildman–Crippen LogP) is 4.02. The molecule has 0 radical (unpaired) electrons. The molecule has 1 atom stereocenters. The van der Waals surface area contributed by atoms with Crippen molar-refractivity contribution in [3.8, 4) is 0 Å². The summed E-state index contributed by atoms with van der Waals surface area (Å²) in [5.74, 6) is -0.486. The second-order valence-corrected chi connectivity index (χ2v) is 6.62. The van der Waals surface area contributed by atoms with Gasteiger partial charge in [-0.2, -0.15) is 0 Å². The average Bonchev–Trinajstić information content (AvgIpc) is 2.60. The van der Waals surface area contributed by atoms with Crippen LogP contribution in [-0.4, -0.2) is 12.0 Å². The molecular formula is C20H19ClN2O3. The van der Waals surface area contributed by atoms with Gasteiger partial charge in [-0.05, 0) is 37.1 Å². The number of esters is 1. The lowest BCUT2D eigenvalue weighted by Crippen LogP contribution is -2.45. The van der Waals surface area contributed by atoms with Crippen molar-refractivity contribution in [1.29, 1.82) is 0 Å². The van der Waals surface area contributed by atoms with E-state index in [1.807, 2.05) is 37.3 Å². The van der Waals surface area contributed by atoms with E-state index in [-0.39, 0.29) is 12.6 Å². The van der Waals surface area contributed by atoms with Crippen molar-refractivity contribution >= 4 is 23.6 Å². The van der Waals surface area contributed by atoms with Crippen LogP contribution in [0.4, 0.5) is 4.79 Å². The van der Waals surface area contributed by atoms with Gasteiger partial charge in [-0.25, -0.2) is 9.59 Å². The Kier molecular flexibility index (Phi) is 5.28. The SMILES string of the molecule is CC1=C(C(=O)OCc2ccc(C)cc2)C(c2cccc(Cl)c2)NC(=O)N1. The van der Waals surface area contributed by atoms with Gasteiger partial charge < -0.3 is 15.4 Å². The molecule has 2 aromatic carbocycles. The van der Waals surface area contributed by atoms with E-state index in [0.29, 0.717) is 21.9 Å². The molecule has 2 amide bonds. The zero-order chi connectivity index (χ0) is 18.7. The van der Waals surface area contributed by atoms with Crippen molar-refractivity contribution in [2.45, 2.75) is 26.5 Å². The maximum Gasteiger partial charge on any atom is 0.338 e. The molecule has 6 heteroatoms. The van der Waals surface area contributed by atoms with Crippen molar-refractivity contribution in [1.82, 2.24) is 10.6 Å². The number of carbonyl (C=O) groups excluding carboxylic acids is 2. The molecule has 0 aromatic heterocycles. The number of hydrogen-bond donors (Lipinski definition) is 2. The van der Waals surface area contributed by atoms with Crippen LogP contribution in [0.5, 0.6) is 0 Å². The van der Waals surface area contributed by atoms with E-state index in [1.165, 1.54) is 0 Å². The van der Waals surface area contributed by atoms with Crippen LogP contribution in [0.2, 0.25) is 5.02 Å². The first-order valence-electron chi connectivity index (χ1n) is 8.20. The van der Waals surface area contributed by atoms with Gasteiger partial charge in [0.2, 0.25) is 0 Å². The number of allylic oxidation sites excluding steroid dienone is 1. The molecule has 1 heterocycles. The molecule has 2 N–H and O–H groups in total. The number of hydrogen-bond acceptors (Lipinski definition) is 3. The topological polar surface area (TPSA) is 67.4 Å². The summed E-state index contributed by atoms with van der Waals surface area (Å²) >= 11 is 6.06. The number of urea groups is 1. The standard InChI is InChI=1S/C20H19ClN2O3/c1-12-6-8-14(9-7-12)11-26-19(24)17-13(2)22-20(25)23-18(17)15-4-3-5-16(21)10-15/h3-10,18H,11H2,1-2H3,(H2,22,23,25). The van der Waals surface area contributed by atoms with E-state index in [9.17, 15) is 9.59 Å². The summed E-state index contributed by atoms with van der Waals surface area (Å²) in [6.45, 7) is 3.83. The number of carbonyl (C=O) groups is 2. The van der Waals surface area contributed by atoms with Crippen LogP contribution in [0.1, 0.15) is 29.7 Å². The van der Waals surface area contributed by atoms with Gasteiger partial charge in [0, 0.05) is 10.7 Å². The number of aryl methyl sites for hydroxylation is 1. The van der Waals surface area contributed by atoms with Crippen molar-refractivity contribution < 1.29 is 14.3 Å². The smallest absolute Gasteiger partial charge is 0.338 e. The summed E-state index contributed by atoms with van der Waals surface area (Å²) in [6.07, 6.45) is 0. The summed E-state index contributed by atoms with van der Waals surface area (Å²) in [6, 6.07) is 13.8. The predicted molar refractivity (Wildman–Crippen MR) is 99.5 cm³/mol. The average molecular weight is 371 g/mol. The lowest BCUT2D eigenvalue weighted by atomic mass is 9.95. The first kappa shape index (κ1) is 18.0. The molecule has 2 aromatic rings. The fourth-order valence-electron chi connectivity index (χ4n) is 2.81. The summed E-state index contributed by atoms with van der Waals surface area (Å²) in [7, 11) is 0. The molecule has 5 nitrogen and oxygen atoms in total. The van der Waals surface area contributed by atoms with Crippen LogP contribution in [-0.2, 0) is 16.1 Å². The van der Waals surface area contributed by atoms with Crippen LogP contribution in [0.25, 0.3) is 0 Å². The Morgan fingerprint density at radius 3 is 2.58 bits per heavy atom. The number of benzene rings is 2. The Bertz CT molecular complexity index is 875. The zero-order valence-corrected chi connectivity index (χ0v) is 15.3. The van der Waals surface area contributed by atoms with E-state index < -0.39 is 12.0 Å². The van der Waals surface area contributed by atoms with Gasteiger partial charge in [0.1, 0.15) is 6.61 Å². The van der Waals surface area contributed by atoms with Crippen LogP contribution in [0.15, 0.2) is 59.8 Å². The number of nitrogens with one attached hydrogen (secondary N) is 2. The van der Waals surface area contributed by atoms with Gasteiger partial charge in [-0.15, -0.1) is 0 Å². The van der Waals surface area contributed by atoms with E-state index >= 15 is 0 Å². The summed E-state index contributed by atoms with van der Waals surface area (Å²) in [5, 5.41) is 5.91. The highest BCUT2D eigenvalue weighted by atomic mass is 35.5. The molecule has 0 aliphatic carbocycles. The largest absolute Gasteiger partial charge is 0.457 e. The Morgan fingerprint density at radius 1 is 1.15 bits per heavy atom. The second-order valence-electron chi connectivity index (χ2n) is 6.19. The van der Waals surface area contributed by atoms with Gasteiger partial charge in [-0.3, -0.25) is 0 Å². The highest BCUT2D eigenvalue weighted by molar-refractivity contribution is 6.30. The monoisotopic (exact) mass is 370 g/mol. The van der Waals surface area contributed by atoms with Crippen molar-refractivity contribution in [3.05, 3.63) is 81.5 Å². The molecule has 0 fully saturated rings. The molecule has 1 unspecified atom stereocenters. The quantitative estimate of drug-likeness (QED) is 0.799. The van der Waals surface area contributed by atoms with Gasteiger partial charge in [0.25, 0.3) is 0 Å². The fraction of sp³-hybridized carbons (Fsp3) is 0.200. The molecular weight excluding hydrogens is 352 g/mol. The maximum absolute atomic E-state index is 12.7. The molecule has 1 aliphatic rings. The summed E-state index contributed by atoms with van der Waals surface area (Å²) in [4.78, 5) is 24.6. The van der Waals surface area contributed by atoms with Crippen molar-refractivity contribution in [2.75, 3.05) is 0 Å². The molecule has 0 spiro atoms. The minimum Gasteiger partial charge on any atom is -0.457 e. The molecule has 134 valence electrons. The zero-order valence-electron chi connectivity index (χ0n) is 14.5. The fourth-order valence-corrected chi connectivity index (χ4v) is 3.01. The Morgan fingerprint density at radius 2 is 1.88 bits per heavy atom. The molecule has 0 saturated carbocycles. The van der Waals surface area contributed by atoms with E-state index in [2.05, 4.69) is 10.6 Å². The highest BCUT2D eigenvalue weighted by Crippen LogP contribution is 2.29. The summed E-state index contributed by atoms with van der Waals surface area (Å²) in [5.41, 5.74) is 3.58. The normalized spacial score (nSPS) is 16.7. The molecule has 1 aliphatic heterocycles. The molecule has 26 heavy (non-hydrogen) atoms. The molecule has 0 bridgehead atoms. The third-order valence-electron chi connectivity index (χ3n) is 4.16. The molecule has 0 saturated heterocycles. The van der Waals surface area contributed by atoms with E-state index in [4.69, 9.17) is 16.3 Å². The van der Waals surface area contributed by atoms with E-state index in [1.54, 1.807) is 25.1 Å². The lowest BCUT2D eigenvalue weighted by Gasteiger charge is -2.28. The van der Waals surface area contributed by atoms with Crippen LogP contribution < -0.4 is 10.6 Å². The van der Waals surface area contributed by atoms with Gasteiger partial charge >= 0.3 is 12.0 Å². The Labute approximate surface area is 157 Å². The van der Waals surface area contributed by atoms with Crippen molar-refractivity contribution in [3.63, 3.8) is 0 Å². The number of amides is 2. The Balaban J connectivity index is 1.83. The summed E-state index contributed by atoms with van der Waals surface area (Å²) < 4.78 is 5.47. The Hall–Kier alpha value is -2.79. The first-order chi connectivity index (χ1) is 12.4. The number of ether oxygens (including phenoxy) is 1. The minimum absolute atomic E-state index is 0.159. The first-order valence-corrected chi connectivity index (χ1v) is 8.58. The number of rotatable bonds is 4. The highest BCUT2D eigenvalue weighted by Gasteiger charge is 2.32. The van der Waals surface area contributed by atoms with Crippen LogP contribution in [0.3, 0.4) is 0 Å². The van der Waals surface area contributed by atoms with Crippen LogP contribution >= 0.6 is 11.6 Å². The van der Waals surface area contributed by atoms with Gasteiger partial charge in [0.05, 0.1) is 11.6 Å². The minimum atomic E-state index is -0.618. The van der Waals surface area contributed by atoms with Crippen LogP contribution in [0, 0.1) is 6.92 Å². The lowest BCUT2D eigenvalue weighted by molar-refractivity contribution is -0.140. The second kappa shape index (κ2) is 7.62. The number of halogens is 1. The third-order valence-corrected chi connectivity index (χ3v) is 4.40. The maximum atomic E-state index is 12.7. The third kappa shape index (κ3) is 4.06. The van der Waals surface area contributed by atoms with Gasteiger partial charge in [-0.1, -0.05) is 53.6 Å². The molecule has 3 rings (SSSR count). The van der Waals surface area contributed by atoms with Gasteiger partial charge in [0.15, 0.2) is 0 Å². The van der Waals surface area contributed by atoms with Crippen molar-refractivity contribution in [2.24, 2.45) is 0 Å². The van der Waals surface area contributed by atoms with E-state index in [0.717, 1.165) is 11.1 Å².